The lowest BCUT2D eigenvalue weighted by atomic mass is 10.0. The fourth-order valence-electron chi connectivity index (χ4n) is 3.92. The van der Waals surface area contributed by atoms with Crippen LogP contribution in [0.5, 0.6) is 0 Å². The largest absolute Gasteiger partial charge is 0.342 e. The van der Waals surface area contributed by atoms with Crippen LogP contribution in [-0.4, -0.2) is 33.9 Å². The Morgan fingerprint density at radius 2 is 1.86 bits per heavy atom. The molecule has 1 aromatic heterocycles. The number of aryl methyl sites for hydroxylation is 2. The number of carbonyl (C=O) groups excluding carboxylic acids is 1. The summed E-state index contributed by atoms with van der Waals surface area (Å²) in [4.78, 5) is 23.6. The van der Waals surface area contributed by atoms with Crippen molar-refractivity contribution in [1.82, 2.24) is 14.9 Å². The molecule has 0 aromatic carbocycles. The van der Waals surface area contributed by atoms with Gasteiger partial charge in [-0.1, -0.05) is 25.7 Å². The van der Waals surface area contributed by atoms with E-state index in [0.717, 1.165) is 55.5 Å². The van der Waals surface area contributed by atoms with Gasteiger partial charge in [0.05, 0.1) is 0 Å². The van der Waals surface area contributed by atoms with Gasteiger partial charge in [-0.25, -0.2) is 9.97 Å². The highest BCUT2D eigenvalue weighted by molar-refractivity contribution is 5.76. The van der Waals surface area contributed by atoms with Crippen LogP contribution in [0, 0.1) is 19.8 Å². The van der Waals surface area contributed by atoms with Gasteiger partial charge in [0.1, 0.15) is 5.82 Å². The van der Waals surface area contributed by atoms with Crippen LogP contribution in [0.15, 0.2) is 6.07 Å². The number of aromatic nitrogens is 2. The first-order valence-corrected chi connectivity index (χ1v) is 8.72. The number of nitrogens with zero attached hydrogens (tertiary/aromatic N) is 3. The standard InChI is InChI=1S/C18H27N3O/c1-13-11-14(2)20-18(19-13)16-9-10-21(12-16)17(22)8-7-15-5-3-4-6-15/h11,15-16H,3-10,12H2,1-2H3/t16-/m1/s1. The van der Waals surface area contributed by atoms with Crippen molar-refractivity contribution in [3.05, 3.63) is 23.3 Å². The summed E-state index contributed by atoms with van der Waals surface area (Å²) in [7, 11) is 0. The van der Waals surface area contributed by atoms with Gasteiger partial charge in [0.2, 0.25) is 5.91 Å². The average Bonchev–Trinajstić information content (AvgIpc) is 3.15. The minimum Gasteiger partial charge on any atom is -0.342 e. The van der Waals surface area contributed by atoms with Gasteiger partial charge in [-0.2, -0.15) is 0 Å². The van der Waals surface area contributed by atoms with Gasteiger partial charge in [0.15, 0.2) is 0 Å². The first kappa shape index (κ1) is 15.4. The number of carbonyl (C=O) groups is 1. The fraction of sp³-hybridized carbons (Fsp3) is 0.722. The van der Waals surface area contributed by atoms with Gasteiger partial charge in [-0.05, 0) is 38.7 Å². The van der Waals surface area contributed by atoms with Crippen LogP contribution < -0.4 is 0 Å². The summed E-state index contributed by atoms with van der Waals surface area (Å²) < 4.78 is 0. The van der Waals surface area contributed by atoms with Crippen LogP contribution >= 0.6 is 0 Å². The van der Waals surface area contributed by atoms with Gasteiger partial charge in [-0.3, -0.25) is 4.79 Å². The van der Waals surface area contributed by atoms with E-state index >= 15 is 0 Å². The highest BCUT2D eigenvalue weighted by Crippen LogP contribution is 2.30. The minimum atomic E-state index is 0.314. The molecule has 0 spiro atoms. The Balaban J connectivity index is 1.53. The van der Waals surface area contributed by atoms with Crippen LogP contribution in [0.25, 0.3) is 0 Å². The number of hydrogen-bond acceptors (Lipinski definition) is 3. The van der Waals surface area contributed by atoms with E-state index in [1.165, 1.54) is 25.7 Å². The van der Waals surface area contributed by atoms with Gasteiger partial charge < -0.3 is 4.90 Å². The van der Waals surface area contributed by atoms with Crippen molar-refractivity contribution in [2.45, 2.75) is 64.7 Å². The van der Waals surface area contributed by atoms with Crippen LogP contribution in [0.3, 0.4) is 0 Å². The summed E-state index contributed by atoms with van der Waals surface area (Å²) in [5, 5.41) is 0. The third kappa shape index (κ3) is 3.65. The van der Waals surface area contributed by atoms with Crippen LogP contribution in [-0.2, 0) is 4.79 Å². The van der Waals surface area contributed by atoms with E-state index in [0.29, 0.717) is 11.8 Å². The molecule has 0 radical (unpaired) electrons. The summed E-state index contributed by atoms with van der Waals surface area (Å²) >= 11 is 0. The summed E-state index contributed by atoms with van der Waals surface area (Å²) in [6.45, 7) is 5.69. The van der Waals surface area contributed by atoms with Gasteiger partial charge in [0, 0.05) is 36.8 Å². The maximum absolute atomic E-state index is 12.4. The molecular weight excluding hydrogens is 274 g/mol. The van der Waals surface area contributed by atoms with Crippen LogP contribution in [0.1, 0.15) is 68.1 Å². The zero-order valence-electron chi connectivity index (χ0n) is 13.8. The van der Waals surface area contributed by atoms with Crippen molar-refractivity contribution in [2.75, 3.05) is 13.1 Å². The molecule has 1 aliphatic carbocycles. The van der Waals surface area contributed by atoms with E-state index in [4.69, 9.17) is 0 Å². The molecule has 2 fully saturated rings. The third-order valence-electron chi connectivity index (χ3n) is 5.15. The minimum absolute atomic E-state index is 0.314. The Labute approximate surface area is 133 Å². The van der Waals surface area contributed by atoms with E-state index in [1.54, 1.807) is 0 Å². The molecule has 2 heterocycles. The summed E-state index contributed by atoms with van der Waals surface area (Å²) in [5.41, 5.74) is 2.04. The molecule has 0 bridgehead atoms. The summed E-state index contributed by atoms with van der Waals surface area (Å²) in [5.74, 6) is 2.36. The van der Waals surface area contributed by atoms with Crippen molar-refractivity contribution < 1.29 is 4.79 Å². The number of rotatable bonds is 4. The summed E-state index contributed by atoms with van der Waals surface area (Å²) in [6, 6.07) is 2.00. The number of amides is 1. The number of likely N-dealkylation sites (tertiary alicyclic amines) is 1. The molecule has 4 heteroatoms. The van der Waals surface area contributed by atoms with Crippen molar-refractivity contribution in [2.24, 2.45) is 5.92 Å². The van der Waals surface area contributed by atoms with E-state index in [1.807, 2.05) is 24.8 Å². The van der Waals surface area contributed by atoms with Crippen molar-refractivity contribution in [1.29, 1.82) is 0 Å². The quantitative estimate of drug-likeness (QED) is 0.856. The zero-order chi connectivity index (χ0) is 15.5. The van der Waals surface area contributed by atoms with Crippen LogP contribution in [0.4, 0.5) is 0 Å². The molecule has 120 valence electrons. The molecule has 0 N–H and O–H groups in total. The predicted octanol–water partition coefficient (Wildman–Crippen LogP) is 3.38. The topological polar surface area (TPSA) is 46.1 Å². The lowest BCUT2D eigenvalue weighted by Gasteiger charge is -2.17. The second-order valence-corrected chi connectivity index (χ2v) is 7.02. The SMILES string of the molecule is Cc1cc(C)nc([C@@H]2CCN(C(=O)CCC3CCCC3)C2)n1. The Hall–Kier alpha value is -1.45. The van der Waals surface area contributed by atoms with Gasteiger partial charge >= 0.3 is 0 Å². The number of hydrogen-bond donors (Lipinski definition) is 0. The second-order valence-electron chi connectivity index (χ2n) is 7.02. The molecule has 22 heavy (non-hydrogen) atoms. The Bertz CT molecular complexity index is 517. The van der Waals surface area contributed by atoms with Gasteiger partial charge in [-0.15, -0.1) is 0 Å². The molecule has 4 nitrogen and oxygen atoms in total. The average molecular weight is 301 g/mol. The lowest BCUT2D eigenvalue weighted by Crippen LogP contribution is -2.28. The first-order valence-electron chi connectivity index (χ1n) is 8.72. The maximum Gasteiger partial charge on any atom is 0.222 e. The van der Waals surface area contributed by atoms with Crippen molar-refractivity contribution in [3.63, 3.8) is 0 Å². The first-order chi connectivity index (χ1) is 10.6. The molecule has 1 saturated heterocycles. The molecule has 1 saturated carbocycles. The molecule has 1 amide bonds. The van der Waals surface area contributed by atoms with Gasteiger partial charge in [0.25, 0.3) is 0 Å². The Kier molecular flexibility index (Phi) is 4.74. The highest BCUT2D eigenvalue weighted by Gasteiger charge is 2.29. The predicted molar refractivity (Wildman–Crippen MR) is 86.6 cm³/mol. The maximum atomic E-state index is 12.4. The normalized spacial score (nSPS) is 22.5. The Morgan fingerprint density at radius 3 is 2.55 bits per heavy atom. The van der Waals surface area contributed by atoms with E-state index in [9.17, 15) is 4.79 Å². The molecular formula is C18H27N3O. The second kappa shape index (κ2) is 6.76. The van der Waals surface area contributed by atoms with Crippen molar-refractivity contribution in [3.8, 4) is 0 Å². The molecule has 1 atom stereocenters. The monoisotopic (exact) mass is 301 g/mol. The smallest absolute Gasteiger partial charge is 0.222 e. The lowest BCUT2D eigenvalue weighted by molar-refractivity contribution is -0.130. The van der Waals surface area contributed by atoms with Crippen molar-refractivity contribution >= 4 is 5.91 Å². The highest BCUT2D eigenvalue weighted by atomic mass is 16.2. The molecule has 0 unspecified atom stereocenters. The summed E-state index contributed by atoms with van der Waals surface area (Å²) in [6.07, 6.45) is 8.17. The molecule has 1 aromatic rings. The molecule has 3 rings (SSSR count). The van der Waals surface area contributed by atoms with Crippen LogP contribution in [0.2, 0.25) is 0 Å². The fourth-order valence-corrected chi connectivity index (χ4v) is 3.92. The Morgan fingerprint density at radius 1 is 1.18 bits per heavy atom. The third-order valence-corrected chi connectivity index (χ3v) is 5.15. The van der Waals surface area contributed by atoms with E-state index < -0.39 is 0 Å². The molecule has 2 aliphatic rings. The van der Waals surface area contributed by atoms with E-state index in [2.05, 4.69) is 9.97 Å². The van der Waals surface area contributed by atoms with E-state index in [-0.39, 0.29) is 0 Å². The molecule has 1 aliphatic heterocycles. The zero-order valence-corrected chi connectivity index (χ0v) is 13.8.